The summed E-state index contributed by atoms with van der Waals surface area (Å²) in [5.74, 6) is -0.226. The fraction of sp³-hybridized carbons (Fsp3) is 0.526. The number of thioether (sulfide) groups is 1. The highest BCUT2D eigenvalue weighted by atomic mass is 32.2. The Balaban J connectivity index is 1.88. The van der Waals surface area contributed by atoms with Crippen molar-refractivity contribution in [3.63, 3.8) is 0 Å². The third-order valence-electron chi connectivity index (χ3n) is 4.67. The predicted octanol–water partition coefficient (Wildman–Crippen LogP) is 3.91. The molecule has 0 aliphatic carbocycles. The molecule has 4 nitrogen and oxygen atoms in total. The van der Waals surface area contributed by atoms with Gasteiger partial charge >= 0.3 is 5.97 Å². The molecule has 2 heterocycles. The molecule has 24 heavy (non-hydrogen) atoms. The molecular weight excluding hydrogens is 322 g/mol. The van der Waals surface area contributed by atoms with Gasteiger partial charge in [0.05, 0.1) is 0 Å². The summed E-state index contributed by atoms with van der Waals surface area (Å²) >= 11 is 1.32. The van der Waals surface area contributed by atoms with E-state index in [-0.39, 0.29) is 11.2 Å². The number of carbonyl (C=O) groups is 1. The second-order valence-electron chi connectivity index (χ2n) is 7.62. The second-order valence-corrected chi connectivity index (χ2v) is 8.68. The Morgan fingerprint density at radius 1 is 1.21 bits per heavy atom. The van der Waals surface area contributed by atoms with E-state index in [0.29, 0.717) is 11.3 Å². The summed E-state index contributed by atoms with van der Waals surface area (Å²) in [6, 6.07) is 8.02. The van der Waals surface area contributed by atoms with Crippen molar-refractivity contribution in [2.24, 2.45) is 0 Å². The summed E-state index contributed by atoms with van der Waals surface area (Å²) in [6.45, 7) is 8.06. The van der Waals surface area contributed by atoms with Gasteiger partial charge in [-0.2, -0.15) is 0 Å². The van der Waals surface area contributed by atoms with Crippen molar-refractivity contribution in [3.8, 4) is 0 Å². The van der Waals surface area contributed by atoms with Crippen LogP contribution in [0.5, 0.6) is 0 Å². The van der Waals surface area contributed by atoms with Crippen LogP contribution in [0.1, 0.15) is 45.6 Å². The number of hydrogen-bond acceptors (Lipinski definition) is 5. The summed E-state index contributed by atoms with van der Waals surface area (Å²) < 4.78 is 5.78. The second kappa shape index (κ2) is 6.45. The zero-order valence-electron chi connectivity index (χ0n) is 14.5. The molecule has 0 bridgehead atoms. The minimum atomic E-state index is -0.528. The highest BCUT2D eigenvalue weighted by Crippen LogP contribution is 2.43. The molecule has 3 rings (SSSR count). The van der Waals surface area contributed by atoms with E-state index >= 15 is 0 Å². The highest BCUT2D eigenvalue weighted by Gasteiger charge is 2.43. The monoisotopic (exact) mass is 347 g/mol. The molecule has 1 spiro atoms. The number of piperidine rings is 1. The molecule has 2 aliphatic heterocycles. The largest absolute Gasteiger partial charge is 0.511 e. The Morgan fingerprint density at radius 2 is 1.88 bits per heavy atom. The minimum Gasteiger partial charge on any atom is -0.511 e. The van der Waals surface area contributed by atoms with Crippen molar-refractivity contribution >= 4 is 17.7 Å². The first-order chi connectivity index (χ1) is 11.3. The first kappa shape index (κ1) is 17.4. The van der Waals surface area contributed by atoms with Gasteiger partial charge in [0.1, 0.15) is 16.3 Å². The lowest BCUT2D eigenvalue weighted by Gasteiger charge is -2.39. The maximum atomic E-state index is 12.6. The van der Waals surface area contributed by atoms with Crippen molar-refractivity contribution in [1.29, 1.82) is 0 Å². The van der Waals surface area contributed by atoms with Crippen LogP contribution in [0.2, 0.25) is 0 Å². The van der Waals surface area contributed by atoms with Crippen molar-refractivity contribution in [3.05, 3.63) is 40.5 Å². The Labute approximate surface area is 147 Å². The van der Waals surface area contributed by atoms with Crippen LogP contribution in [0.4, 0.5) is 0 Å². The van der Waals surface area contributed by atoms with E-state index in [1.165, 1.54) is 11.8 Å². The van der Waals surface area contributed by atoms with Crippen molar-refractivity contribution in [2.75, 3.05) is 13.1 Å². The number of rotatable bonds is 2. The molecule has 0 aromatic heterocycles. The van der Waals surface area contributed by atoms with Gasteiger partial charge in [-0.1, -0.05) is 50.7 Å². The van der Waals surface area contributed by atoms with E-state index in [2.05, 4.69) is 32.2 Å². The van der Waals surface area contributed by atoms with Crippen LogP contribution in [0.25, 0.3) is 0 Å². The van der Waals surface area contributed by atoms with E-state index in [9.17, 15) is 9.90 Å². The topological polar surface area (TPSA) is 58.6 Å². The van der Waals surface area contributed by atoms with Gasteiger partial charge in [-0.15, -0.1) is 0 Å². The number of carbonyl (C=O) groups excluding carboxylic acids is 1. The SMILES string of the molecule is CC(C)(C)c1ccccc1SC1=C(O)CC2(CCNCC2)OC1=O. The van der Waals surface area contributed by atoms with Gasteiger partial charge in [0.25, 0.3) is 0 Å². The molecule has 0 saturated carbocycles. The first-order valence-corrected chi connectivity index (χ1v) is 9.26. The van der Waals surface area contributed by atoms with Crippen LogP contribution in [-0.4, -0.2) is 29.8 Å². The fourth-order valence-electron chi connectivity index (χ4n) is 3.33. The molecule has 5 heteroatoms. The molecule has 2 aliphatic rings. The summed E-state index contributed by atoms with van der Waals surface area (Å²) in [4.78, 5) is 13.9. The van der Waals surface area contributed by atoms with Gasteiger partial charge < -0.3 is 15.2 Å². The van der Waals surface area contributed by atoms with E-state index in [0.717, 1.165) is 36.4 Å². The quantitative estimate of drug-likeness (QED) is 0.794. The maximum absolute atomic E-state index is 12.6. The highest BCUT2D eigenvalue weighted by molar-refractivity contribution is 8.04. The Hall–Kier alpha value is -1.46. The zero-order valence-corrected chi connectivity index (χ0v) is 15.3. The number of ether oxygens (including phenoxy) is 1. The number of esters is 1. The third-order valence-corrected chi connectivity index (χ3v) is 5.85. The van der Waals surface area contributed by atoms with E-state index < -0.39 is 11.6 Å². The van der Waals surface area contributed by atoms with E-state index in [1.54, 1.807) is 0 Å². The lowest BCUT2D eigenvalue weighted by Crippen LogP contribution is -2.47. The lowest BCUT2D eigenvalue weighted by molar-refractivity contribution is -0.160. The summed E-state index contributed by atoms with van der Waals surface area (Å²) in [7, 11) is 0. The van der Waals surface area contributed by atoms with Crippen LogP contribution in [0.3, 0.4) is 0 Å². The molecule has 1 aromatic rings. The van der Waals surface area contributed by atoms with Crippen LogP contribution in [-0.2, 0) is 14.9 Å². The Kier molecular flexibility index (Phi) is 4.67. The van der Waals surface area contributed by atoms with Crippen molar-refractivity contribution in [1.82, 2.24) is 5.32 Å². The van der Waals surface area contributed by atoms with Gasteiger partial charge in [0, 0.05) is 24.2 Å². The molecule has 0 atom stereocenters. The van der Waals surface area contributed by atoms with Gasteiger partial charge in [0.2, 0.25) is 0 Å². The predicted molar refractivity (Wildman–Crippen MR) is 96.2 cm³/mol. The lowest BCUT2D eigenvalue weighted by atomic mass is 9.86. The molecular formula is C19H25NO3S. The van der Waals surface area contributed by atoms with Gasteiger partial charge in [0.15, 0.2) is 0 Å². The van der Waals surface area contributed by atoms with Gasteiger partial charge in [-0.05, 0) is 30.1 Å². The van der Waals surface area contributed by atoms with Crippen molar-refractivity contribution in [2.45, 2.75) is 55.9 Å². The Morgan fingerprint density at radius 3 is 2.50 bits per heavy atom. The summed E-state index contributed by atoms with van der Waals surface area (Å²) in [5.41, 5.74) is 0.597. The standard InChI is InChI=1S/C19H25NO3S/c1-18(2,3)13-6-4-5-7-15(13)24-16-14(21)12-19(23-17(16)22)8-10-20-11-9-19/h4-7,20-21H,8-12H2,1-3H3. The molecule has 1 saturated heterocycles. The first-order valence-electron chi connectivity index (χ1n) is 8.44. The number of hydrogen-bond donors (Lipinski definition) is 2. The third kappa shape index (κ3) is 3.47. The van der Waals surface area contributed by atoms with Gasteiger partial charge in [-0.25, -0.2) is 4.79 Å². The zero-order chi connectivity index (χ0) is 17.4. The normalized spacial score (nSPS) is 21.0. The molecule has 1 fully saturated rings. The number of benzene rings is 1. The van der Waals surface area contributed by atoms with E-state index in [1.807, 2.05) is 18.2 Å². The van der Waals surface area contributed by atoms with E-state index in [4.69, 9.17) is 4.74 Å². The molecule has 0 unspecified atom stereocenters. The van der Waals surface area contributed by atoms with Crippen LogP contribution in [0.15, 0.2) is 39.8 Å². The fourth-order valence-corrected chi connectivity index (χ4v) is 4.50. The Bertz CT molecular complexity index is 669. The average molecular weight is 347 g/mol. The minimum absolute atomic E-state index is 0.0331. The smallest absolute Gasteiger partial charge is 0.349 e. The average Bonchev–Trinajstić information content (AvgIpc) is 2.51. The van der Waals surface area contributed by atoms with Crippen LogP contribution < -0.4 is 5.32 Å². The molecule has 130 valence electrons. The molecule has 0 radical (unpaired) electrons. The van der Waals surface area contributed by atoms with Crippen LogP contribution >= 0.6 is 11.8 Å². The molecule has 1 aromatic carbocycles. The number of aliphatic hydroxyl groups excluding tert-OH is 1. The summed E-state index contributed by atoms with van der Waals surface area (Å²) in [6.07, 6.45) is 1.92. The number of aliphatic hydroxyl groups is 1. The maximum Gasteiger partial charge on any atom is 0.349 e. The molecule has 2 N–H and O–H groups in total. The van der Waals surface area contributed by atoms with Crippen molar-refractivity contribution < 1.29 is 14.6 Å². The molecule has 0 amide bonds. The summed E-state index contributed by atoms with van der Waals surface area (Å²) in [5, 5.41) is 13.8. The number of nitrogens with one attached hydrogen (secondary N) is 1. The van der Waals surface area contributed by atoms with Crippen LogP contribution in [0, 0.1) is 0 Å². The van der Waals surface area contributed by atoms with Gasteiger partial charge in [-0.3, -0.25) is 0 Å².